The van der Waals surface area contributed by atoms with Crippen LogP contribution >= 0.6 is 11.3 Å². The molecule has 1 N–H and O–H groups in total. The minimum atomic E-state index is -0.751. The SMILES string of the molecule is CCC[C@H](C(=O)NCc1ccccc1)N(C(=O)Cn1nnc(-c2cccs2)n1)c1ccc2c(c1)OCCO2. The number of amides is 2. The molecule has 0 aliphatic carbocycles. The average molecular weight is 533 g/mol. The summed E-state index contributed by atoms with van der Waals surface area (Å²) in [5.74, 6) is 0.996. The Morgan fingerprint density at radius 2 is 1.89 bits per heavy atom. The van der Waals surface area contributed by atoms with E-state index < -0.39 is 6.04 Å². The van der Waals surface area contributed by atoms with Crippen molar-refractivity contribution in [2.75, 3.05) is 18.1 Å². The number of thiophene rings is 1. The maximum Gasteiger partial charge on any atom is 0.251 e. The third-order valence-corrected chi connectivity index (χ3v) is 6.90. The number of nitrogens with one attached hydrogen (secondary N) is 1. The van der Waals surface area contributed by atoms with E-state index in [2.05, 4.69) is 20.7 Å². The number of benzene rings is 2. The number of hydrogen-bond donors (Lipinski definition) is 1. The molecule has 1 atom stereocenters. The van der Waals surface area contributed by atoms with Gasteiger partial charge in [-0.1, -0.05) is 49.7 Å². The fraction of sp³-hybridized carbons (Fsp3) is 0.296. The van der Waals surface area contributed by atoms with Gasteiger partial charge in [0.1, 0.15) is 25.8 Å². The van der Waals surface area contributed by atoms with Gasteiger partial charge in [0.25, 0.3) is 5.91 Å². The van der Waals surface area contributed by atoms with Gasteiger partial charge in [-0.15, -0.1) is 21.5 Å². The van der Waals surface area contributed by atoms with Gasteiger partial charge in [-0.2, -0.15) is 4.80 Å². The molecule has 38 heavy (non-hydrogen) atoms. The fourth-order valence-electron chi connectivity index (χ4n) is 4.25. The highest BCUT2D eigenvalue weighted by molar-refractivity contribution is 7.13. The van der Waals surface area contributed by atoms with Crippen LogP contribution in [0.1, 0.15) is 25.3 Å². The third kappa shape index (κ3) is 5.83. The smallest absolute Gasteiger partial charge is 0.251 e. The fourth-order valence-corrected chi connectivity index (χ4v) is 4.89. The van der Waals surface area contributed by atoms with Crippen LogP contribution in [-0.2, 0) is 22.7 Å². The third-order valence-electron chi connectivity index (χ3n) is 6.03. The van der Waals surface area contributed by atoms with Crippen molar-refractivity contribution in [3.63, 3.8) is 0 Å². The summed E-state index contributed by atoms with van der Waals surface area (Å²) in [4.78, 5) is 31.0. The first-order valence-corrected chi connectivity index (χ1v) is 13.4. The normalized spacial score (nSPS) is 13.1. The van der Waals surface area contributed by atoms with Crippen LogP contribution in [0.2, 0.25) is 0 Å². The van der Waals surface area contributed by atoms with Gasteiger partial charge in [0.05, 0.1) is 4.88 Å². The molecule has 2 aromatic heterocycles. The summed E-state index contributed by atoms with van der Waals surface area (Å²) in [6, 6.07) is 18.0. The maximum absolute atomic E-state index is 13.8. The molecule has 0 saturated heterocycles. The van der Waals surface area contributed by atoms with Crippen LogP contribution in [0.4, 0.5) is 5.69 Å². The van der Waals surface area contributed by atoms with E-state index in [-0.39, 0.29) is 18.4 Å². The lowest BCUT2D eigenvalue weighted by Crippen LogP contribution is -2.51. The van der Waals surface area contributed by atoms with Crippen molar-refractivity contribution in [1.82, 2.24) is 25.5 Å². The summed E-state index contributed by atoms with van der Waals surface area (Å²) in [7, 11) is 0. The minimum Gasteiger partial charge on any atom is -0.486 e. The van der Waals surface area contributed by atoms with E-state index in [0.717, 1.165) is 10.4 Å². The van der Waals surface area contributed by atoms with Gasteiger partial charge in [0, 0.05) is 18.3 Å². The van der Waals surface area contributed by atoms with E-state index in [1.165, 1.54) is 21.0 Å². The standard InChI is InChI=1S/C27H28N6O4S/c1-2-7-21(27(35)28-17-19-8-4-3-5-9-19)33(20-11-12-22-23(16-20)37-14-13-36-22)25(34)18-32-30-26(29-31-32)24-10-6-15-38-24/h3-6,8-12,15-16,21H,2,7,13-14,17-18H2,1H3,(H,28,35)/t21-/m1/s1. The molecule has 0 fully saturated rings. The van der Waals surface area contributed by atoms with Crippen molar-refractivity contribution >= 4 is 28.8 Å². The van der Waals surface area contributed by atoms with Crippen LogP contribution in [0.3, 0.4) is 0 Å². The number of carbonyl (C=O) groups is 2. The van der Waals surface area contributed by atoms with Crippen LogP contribution in [0.25, 0.3) is 10.7 Å². The maximum atomic E-state index is 13.8. The van der Waals surface area contributed by atoms with Crippen molar-refractivity contribution in [3.8, 4) is 22.2 Å². The molecule has 10 nitrogen and oxygen atoms in total. The Labute approximate surface area is 224 Å². The van der Waals surface area contributed by atoms with Crippen molar-refractivity contribution < 1.29 is 19.1 Å². The van der Waals surface area contributed by atoms with Crippen molar-refractivity contribution in [3.05, 3.63) is 71.6 Å². The topological polar surface area (TPSA) is 111 Å². The van der Waals surface area contributed by atoms with Gasteiger partial charge in [-0.05, 0) is 40.8 Å². The zero-order chi connectivity index (χ0) is 26.3. The summed E-state index contributed by atoms with van der Waals surface area (Å²) in [5, 5.41) is 17.5. The first-order chi connectivity index (χ1) is 18.6. The highest BCUT2D eigenvalue weighted by Gasteiger charge is 2.32. The molecule has 1 aliphatic rings. The average Bonchev–Trinajstić information content (AvgIpc) is 3.64. The summed E-state index contributed by atoms with van der Waals surface area (Å²) < 4.78 is 11.4. The number of nitrogens with zero attached hydrogens (tertiary/aromatic N) is 5. The number of anilines is 1. The Bertz CT molecular complexity index is 1380. The van der Waals surface area contributed by atoms with Crippen LogP contribution in [0, 0.1) is 0 Å². The Hall–Kier alpha value is -4.25. The largest absolute Gasteiger partial charge is 0.486 e. The Morgan fingerprint density at radius 1 is 1.08 bits per heavy atom. The van der Waals surface area contributed by atoms with E-state index in [1.54, 1.807) is 18.2 Å². The van der Waals surface area contributed by atoms with Crippen molar-refractivity contribution in [1.29, 1.82) is 0 Å². The zero-order valence-electron chi connectivity index (χ0n) is 20.9. The molecule has 196 valence electrons. The number of rotatable bonds is 10. The lowest BCUT2D eigenvalue weighted by molar-refractivity contribution is -0.127. The van der Waals surface area contributed by atoms with Crippen LogP contribution in [0.15, 0.2) is 66.0 Å². The van der Waals surface area contributed by atoms with Gasteiger partial charge in [0.15, 0.2) is 11.5 Å². The van der Waals surface area contributed by atoms with Crippen LogP contribution in [-0.4, -0.2) is 51.3 Å². The van der Waals surface area contributed by atoms with Crippen molar-refractivity contribution in [2.45, 2.75) is 38.9 Å². The van der Waals surface area contributed by atoms with Gasteiger partial charge in [-0.3, -0.25) is 14.5 Å². The number of tetrazole rings is 1. The van der Waals surface area contributed by atoms with E-state index >= 15 is 0 Å². The van der Waals surface area contributed by atoms with Crippen LogP contribution in [0.5, 0.6) is 11.5 Å². The Kier molecular flexibility index (Phi) is 7.93. The van der Waals surface area contributed by atoms with E-state index in [1.807, 2.05) is 54.8 Å². The molecule has 0 unspecified atom stereocenters. The molecule has 0 bridgehead atoms. The molecule has 2 amide bonds. The first kappa shape index (κ1) is 25.4. The highest BCUT2D eigenvalue weighted by atomic mass is 32.1. The van der Waals surface area contributed by atoms with E-state index in [4.69, 9.17) is 9.47 Å². The number of carbonyl (C=O) groups excluding carboxylic acids is 2. The number of aromatic nitrogens is 4. The predicted molar refractivity (Wildman–Crippen MR) is 143 cm³/mol. The molecule has 0 saturated carbocycles. The molecule has 2 aromatic carbocycles. The second kappa shape index (κ2) is 11.9. The van der Waals surface area contributed by atoms with Crippen molar-refractivity contribution in [2.24, 2.45) is 0 Å². The van der Waals surface area contributed by atoms with Gasteiger partial charge in [0.2, 0.25) is 11.7 Å². The van der Waals surface area contributed by atoms with Gasteiger partial charge >= 0.3 is 0 Å². The predicted octanol–water partition coefficient (Wildman–Crippen LogP) is 3.69. The highest BCUT2D eigenvalue weighted by Crippen LogP contribution is 2.35. The summed E-state index contributed by atoms with van der Waals surface area (Å²) in [6.07, 6.45) is 1.16. The lowest BCUT2D eigenvalue weighted by Gasteiger charge is -2.32. The summed E-state index contributed by atoms with van der Waals surface area (Å²) in [5.41, 5.74) is 1.51. The molecule has 0 spiro atoms. The summed E-state index contributed by atoms with van der Waals surface area (Å²) >= 11 is 1.49. The van der Waals surface area contributed by atoms with Gasteiger partial charge in [-0.25, -0.2) is 0 Å². The molecule has 1 aliphatic heterocycles. The van der Waals surface area contributed by atoms with E-state index in [0.29, 0.717) is 55.6 Å². The number of hydrogen-bond acceptors (Lipinski definition) is 8. The summed E-state index contributed by atoms with van der Waals surface area (Å²) in [6.45, 7) is 3.03. The monoisotopic (exact) mass is 532 g/mol. The lowest BCUT2D eigenvalue weighted by atomic mass is 10.1. The van der Waals surface area contributed by atoms with Gasteiger partial charge < -0.3 is 14.8 Å². The Morgan fingerprint density at radius 3 is 2.66 bits per heavy atom. The molecular formula is C27H28N6O4S. The molecule has 3 heterocycles. The molecule has 4 aromatic rings. The molecular weight excluding hydrogens is 504 g/mol. The molecule has 11 heteroatoms. The Balaban J connectivity index is 1.43. The molecule has 5 rings (SSSR count). The van der Waals surface area contributed by atoms with Crippen LogP contribution < -0.4 is 19.7 Å². The first-order valence-electron chi connectivity index (χ1n) is 12.5. The molecule has 0 radical (unpaired) electrons. The second-order valence-corrected chi connectivity index (χ2v) is 9.67. The number of fused-ring (bicyclic) bond motifs is 1. The quantitative estimate of drug-likeness (QED) is 0.332. The zero-order valence-corrected chi connectivity index (χ0v) is 21.8. The minimum absolute atomic E-state index is 0.182. The second-order valence-electron chi connectivity index (χ2n) is 8.72. The number of ether oxygens (including phenoxy) is 2. The van der Waals surface area contributed by atoms with E-state index in [9.17, 15) is 9.59 Å².